The Bertz CT molecular complexity index is 771. The molecule has 0 aliphatic rings. The lowest BCUT2D eigenvalue weighted by molar-refractivity contribution is -0.120. The molecule has 126 valence electrons. The van der Waals surface area contributed by atoms with Gasteiger partial charge in [-0.3, -0.25) is 14.6 Å². The van der Waals surface area contributed by atoms with Crippen LogP contribution in [0.15, 0.2) is 36.5 Å². The van der Waals surface area contributed by atoms with Crippen molar-refractivity contribution >= 4 is 23.4 Å². The SMILES string of the molecule is C[C@@H](NC(=O)CNC(=O)c1cc(Cl)ccn1)c1ccc(F)cc1F. The van der Waals surface area contributed by atoms with E-state index >= 15 is 0 Å². The standard InChI is InChI=1S/C16H14ClF2N3O2/c1-9(12-3-2-11(18)7-13(12)19)22-15(23)8-21-16(24)14-6-10(17)4-5-20-14/h2-7,9H,8H2,1H3,(H,21,24)(H,22,23)/t9-/m1/s1. The first kappa shape index (κ1) is 17.8. The lowest BCUT2D eigenvalue weighted by Crippen LogP contribution is -2.38. The Morgan fingerprint density at radius 2 is 2.00 bits per heavy atom. The average molecular weight is 354 g/mol. The molecule has 0 radical (unpaired) electrons. The molecule has 0 aliphatic carbocycles. The third-order valence-corrected chi connectivity index (χ3v) is 3.41. The second-order valence-electron chi connectivity index (χ2n) is 5.00. The van der Waals surface area contributed by atoms with Gasteiger partial charge in [0.1, 0.15) is 17.3 Å². The summed E-state index contributed by atoms with van der Waals surface area (Å²) in [7, 11) is 0. The maximum absolute atomic E-state index is 13.6. The fourth-order valence-electron chi connectivity index (χ4n) is 2.00. The Kier molecular flexibility index (Phi) is 5.81. The second-order valence-corrected chi connectivity index (χ2v) is 5.43. The molecular formula is C16H14ClF2N3O2. The molecule has 0 aliphatic heterocycles. The van der Waals surface area contributed by atoms with E-state index in [9.17, 15) is 18.4 Å². The molecule has 0 fully saturated rings. The van der Waals surface area contributed by atoms with Gasteiger partial charge < -0.3 is 10.6 Å². The number of nitrogens with one attached hydrogen (secondary N) is 2. The quantitative estimate of drug-likeness (QED) is 0.868. The third kappa shape index (κ3) is 4.73. The van der Waals surface area contributed by atoms with Crippen LogP contribution in [-0.2, 0) is 4.79 Å². The monoisotopic (exact) mass is 353 g/mol. The molecule has 1 aromatic carbocycles. The molecule has 0 saturated heterocycles. The predicted molar refractivity (Wildman–Crippen MR) is 84.5 cm³/mol. The second kappa shape index (κ2) is 7.83. The minimum atomic E-state index is -0.755. The number of halogens is 3. The number of benzene rings is 1. The fraction of sp³-hybridized carbons (Fsp3) is 0.188. The van der Waals surface area contributed by atoms with Crippen molar-refractivity contribution in [2.75, 3.05) is 6.54 Å². The summed E-state index contributed by atoms with van der Waals surface area (Å²) < 4.78 is 26.5. The number of pyridine rings is 1. The molecular weight excluding hydrogens is 340 g/mol. The number of carbonyl (C=O) groups is 2. The van der Waals surface area contributed by atoms with E-state index in [0.717, 1.165) is 12.1 Å². The van der Waals surface area contributed by atoms with E-state index in [-0.39, 0.29) is 17.8 Å². The number of hydrogen-bond acceptors (Lipinski definition) is 3. The number of amides is 2. The van der Waals surface area contributed by atoms with Gasteiger partial charge in [0.05, 0.1) is 12.6 Å². The van der Waals surface area contributed by atoms with Crippen LogP contribution in [0.5, 0.6) is 0 Å². The molecule has 1 aromatic heterocycles. The normalized spacial score (nSPS) is 11.7. The molecule has 2 N–H and O–H groups in total. The van der Waals surface area contributed by atoms with Crippen LogP contribution in [0, 0.1) is 11.6 Å². The molecule has 0 bridgehead atoms. The van der Waals surface area contributed by atoms with E-state index in [4.69, 9.17) is 11.6 Å². The molecule has 2 amide bonds. The minimum Gasteiger partial charge on any atom is -0.348 e. The van der Waals surface area contributed by atoms with Crippen LogP contribution in [0.4, 0.5) is 8.78 Å². The smallest absolute Gasteiger partial charge is 0.270 e. The predicted octanol–water partition coefficient (Wildman–Crippen LogP) is 2.62. The Hall–Kier alpha value is -2.54. The van der Waals surface area contributed by atoms with Crippen molar-refractivity contribution in [1.29, 1.82) is 0 Å². The summed E-state index contributed by atoms with van der Waals surface area (Å²) in [6.07, 6.45) is 1.37. The van der Waals surface area contributed by atoms with E-state index in [1.807, 2.05) is 0 Å². The van der Waals surface area contributed by atoms with Crippen LogP contribution >= 0.6 is 11.6 Å². The molecule has 8 heteroatoms. The Morgan fingerprint density at radius 1 is 1.25 bits per heavy atom. The molecule has 0 saturated carbocycles. The van der Waals surface area contributed by atoms with Crippen molar-refractivity contribution in [3.8, 4) is 0 Å². The molecule has 1 atom stereocenters. The molecule has 0 unspecified atom stereocenters. The number of carbonyl (C=O) groups excluding carboxylic acids is 2. The van der Waals surface area contributed by atoms with Gasteiger partial charge in [-0.25, -0.2) is 8.78 Å². The number of rotatable bonds is 5. The van der Waals surface area contributed by atoms with Gasteiger partial charge in [0.25, 0.3) is 5.91 Å². The number of nitrogens with zero attached hydrogens (tertiary/aromatic N) is 1. The van der Waals surface area contributed by atoms with Crippen molar-refractivity contribution < 1.29 is 18.4 Å². The van der Waals surface area contributed by atoms with Gasteiger partial charge in [0.2, 0.25) is 5.91 Å². The van der Waals surface area contributed by atoms with E-state index in [1.54, 1.807) is 6.92 Å². The van der Waals surface area contributed by atoms with Crippen LogP contribution in [0.2, 0.25) is 5.02 Å². The van der Waals surface area contributed by atoms with Crippen molar-refractivity contribution in [2.45, 2.75) is 13.0 Å². The lowest BCUT2D eigenvalue weighted by Gasteiger charge is -2.15. The van der Waals surface area contributed by atoms with Crippen LogP contribution in [-0.4, -0.2) is 23.3 Å². The van der Waals surface area contributed by atoms with Crippen LogP contribution < -0.4 is 10.6 Å². The molecule has 5 nitrogen and oxygen atoms in total. The van der Waals surface area contributed by atoms with E-state index in [2.05, 4.69) is 15.6 Å². The summed E-state index contributed by atoms with van der Waals surface area (Å²) in [4.78, 5) is 27.5. The number of aromatic nitrogens is 1. The first-order valence-corrected chi connectivity index (χ1v) is 7.38. The molecule has 2 aromatic rings. The zero-order valence-corrected chi connectivity index (χ0v) is 13.4. The highest BCUT2D eigenvalue weighted by molar-refractivity contribution is 6.30. The largest absolute Gasteiger partial charge is 0.348 e. The minimum absolute atomic E-state index is 0.0768. The van der Waals surface area contributed by atoms with Crippen molar-refractivity contribution in [3.63, 3.8) is 0 Å². The highest BCUT2D eigenvalue weighted by Gasteiger charge is 2.15. The third-order valence-electron chi connectivity index (χ3n) is 3.17. The van der Waals surface area contributed by atoms with Gasteiger partial charge >= 0.3 is 0 Å². The van der Waals surface area contributed by atoms with Crippen LogP contribution in [0.3, 0.4) is 0 Å². The zero-order valence-electron chi connectivity index (χ0n) is 12.6. The van der Waals surface area contributed by atoms with Crippen LogP contribution in [0.25, 0.3) is 0 Å². The Labute approximate surface area is 142 Å². The molecule has 0 spiro atoms. The maximum atomic E-state index is 13.6. The van der Waals surface area contributed by atoms with Crippen molar-refractivity contribution in [2.24, 2.45) is 0 Å². The zero-order chi connectivity index (χ0) is 17.7. The topological polar surface area (TPSA) is 71.1 Å². The fourth-order valence-corrected chi connectivity index (χ4v) is 2.16. The molecule has 1 heterocycles. The summed E-state index contributed by atoms with van der Waals surface area (Å²) >= 11 is 5.75. The summed E-state index contributed by atoms with van der Waals surface area (Å²) in [5, 5.41) is 5.24. The first-order chi connectivity index (χ1) is 11.4. The van der Waals surface area contributed by atoms with Crippen molar-refractivity contribution in [1.82, 2.24) is 15.6 Å². The lowest BCUT2D eigenvalue weighted by atomic mass is 10.1. The highest BCUT2D eigenvalue weighted by atomic mass is 35.5. The van der Waals surface area contributed by atoms with Gasteiger partial charge in [-0.2, -0.15) is 0 Å². The summed E-state index contributed by atoms with van der Waals surface area (Å²) in [5.41, 5.74) is 0.223. The summed E-state index contributed by atoms with van der Waals surface area (Å²) in [6, 6.07) is 5.30. The Morgan fingerprint density at radius 3 is 2.67 bits per heavy atom. The maximum Gasteiger partial charge on any atom is 0.270 e. The van der Waals surface area contributed by atoms with Gasteiger partial charge in [-0.15, -0.1) is 0 Å². The Balaban J connectivity index is 1.90. The molecule has 24 heavy (non-hydrogen) atoms. The number of hydrogen-bond donors (Lipinski definition) is 2. The summed E-state index contributed by atoms with van der Waals surface area (Å²) in [5.74, 6) is -2.54. The average Bonchev–Trinajstić information content (AvgIpc) is 2.52. The van der Waals surface area contributed by atoms with E-state index in [0.29, 0.717) is 5.02 Å². The first-order valence-electron chi connectivity index (χ1n) is 7.01. The van der Waals surface area contributed by atoms with Gasteiger partial charge in [0.15, 0.2) is 0 Å². The van der Waals surface area contributed by atoms with Gasteiger partial charge in [-0.05, 0) is 25.1 Å². The van der Waals surface area contributed by atoms with Crippen molar-refractivity contribution in [3.05, 3.63) is 64.4 Å². The van der Waals surface area contributed by atoms with Gasteiger partial charge in [0, 0.05) is 22.8 Å². The van der Waals surface area contributed by atoms with Crippen LogP contribution in [0.1, 0.15) is 29.0 Å². The van der Waals surface area contributed by atoms with E-state index < -0.39 is 29.5 Å². The summed E-state index contributed by atoms with van der Waals surface area (Å²) in [6.45, 7) is 1.23. The highest BCUT2D eigenvalue weighted by Crippen LogP contribution is 2.17. The van der Waals surface area contributed by atoms with Gasteiger partial charge in [-0.1, -0.05) is 17.7 Å². The van der Waals surface area contributed by atoms with E-state index in [1.165, 1.54) is 24.4 Å². The molecule has 2 rings (SSSR count).